The van der Waals surface area contributed by atoms with Crippen LogP contribution in [0, 0.1) is 0 Å². The molecule has 0 aromatic heterocycles. The lowest BCUT2D eigenvalue weighted by atomic mass is 10.5. The van der Waals surface area contributed by atoms with Crippen molar-refractivity contribution >= 4 is 6.21 Å². The van der Waals surface area contributed by atoms with Crippen LogP contribution in [0.15, 0.2) is 29.4 Å². The van der Waals surface area contributed by atoms with Crippen LogP contribution in [0.2, 0.25) is 0 Å². The summed E-state index contributed by atoms with van der Waals surface area (Å²) in [7, 11) is 0. The van der Waals surface area contributed by atoms with Gasteiger partial charge in [-0.2, -0.15) is 0 Å². The molecule has 0 atom stereocenters. The number of hydrogen-bond acceptors (Lipinski definition) is 1. The Morgan fingerprint density at radius 2 is 1.88 bits per heavy atom. The standard InChI is InChI=1S/C7H11N/c1-3-5-6-7-8-4-2/h3-7H,1-2H3/b5-3+,7-6-,8-4-. The zero-order valence-electron chi connectivity index (χ0n) is 5.33. The molecule has 8 heavy (non-hydrogen) atoms. The first-order valence-electron chi connectivity index (χ1n) is 2.67. The van der Waals surface area contributed by atoms with E-state index in [0.29, 0.717) is 0 Å². The van der Waals surface area contributed by atoms with Gasteiger partial charge in [-0.15, -0.1) is 0 Å². The van der Waals surface area contributed by atoms with E-state index in [0.717, 1.165) is 0 Å². The van der Waals surface area contributed by atoms with E-state index in [9.17, 15) is 0 Å². The number of hydrogen-bond donors (Lipinski definition) is 0. The topological polar surface area (TPSA) is 12.4 Å². The van der Waals surface area contributed by atoms with Gasteiger partial charge in [0.2, 0.25) is 0 Å². The molecule has 0 radical (unpaired) electrons. The van der Waals surface area contributed by atoms with Crippen LogP contribution >= 0.6 is 0 Å². The number of aliphatic imine (C=N–C) groups is 1. The van der Waals surface area contributed by atoms with Crippen LogP contribution in [0.5, 0.6) is 0 Å². The summed E-state index contributed by atoms with van der Waals surface area (Å²) in [4.78, 5) is 3.85. The lowest BCUT2D eigenvalue weighted by Gasteiger charge is -1.69. The summed E-state index contributed by atoms with van der Waals surface area (Å²) in [6.07, 6.45) is 9.29. The van der Waals surface area contributed by atoms with Gasteiger partial charge in [-0.25, -0.2) is 0 Å². The van der Waals surface area contributed by atoms with Crippen LogP contribution in [0.25, 0.3) is 0 Å². The molecular formula is C7H11N. The summed E-state index contributed by atoms with van der Waals surface area (Å²) in [5, 5.41) is 0. The van der Waals surface area contributed by atoms with Gasteiger partial charge in [-0.3, -0.25) is 4.99 Å². The van der Waals surface area contributed by atoms with Gasteiger partial charge >= 0.3 is 0 Å². The molecule has 0 aliphatic rings. The number of allylic oxidation sites excluding steroid dienone is 3. The molecule has 1 heteroatoms. The molecule has 0 N–H and O–H groups in total. The maximum atomic E-state index is 3.85. The fraction of sp³-hybridized carbons (Fsp3) is 0.286. The Bertz CT molecular complexity index is 95.6. The third-order valence-corrected chi connectivity index (χ3v) is 0.625. The summed E-state index contributed by atoms with van der Waals surface area (Å²) in [6, 6.07) is 0. The van der Waals surface area contributed by atoms with E-state index in [1.54, 1.807) is 12.4 Å². The Kier molecular flexibility index (Phi) is 5.50. The van der Waals surface area contributed by atoms with Crippen LogP contribution in [0.4, 0.5) is 0 Å². The molecule has 0 heterocycles. The van der Waals surface area contributed by atoms with E-state index in [-0.39, 0.29) is 0 Å². The molecule has 0 fully saturated rings. The highest BCUT2D eigenvalue weighted by Gasteiger charge is 1.55. The average Bonchev–Trinajstić information content (AvgIpc) is 1.81. The smallest absolute Gasteiger partial charge is 0.0263 e. The zero-order valence-corrected chi connectivity index (χ0v) is 5.33. The first kappa shape index (κ1) is 7.15. The molecule has 0 rings (SSSR count). The summed E-state index contributed by atoms with van der Waals surface area (Å²) >= 11 is 0. The SMILES string of the molecule is C\C=N/C=C\C=C\C. The zero-order chi connectivity index (χ0) is 6.24. The summed E-state index contributed by atoms with van der Waals surface area (Å²) < 4.78 is 0. The first-order valence-corrected chi connectivity index (χ1v) is 2.67. The van der Waals surface area contributed by atoms with E-state index in [2.05, 4.69) is 4.99 Å². The number of rotatable bonds is 2. The highest BCUT2D eigenvalue weighted by Crippen LogP contribution is 1.75. The molecule has 44 valence electrons. The minimum Gasteiger partial charge on any atom is -0.269 e. The van der Waals surface area contributed by atoms with Crippen molar-refractivity contribution in [2.24, 2.45) is 4.99 Å². The van der Waals surface area contributed by atoms with E-state index in [4.69, 9.17) is 0 Å². The second-order valence-corrected chi connectivity index (χ2v) is 1.27. The Hall–Kier alpha value is -0.850. The van der Waals surface area contributed by atoms with Gasteiger partial charge in [0.25, 0.3) is 0 Å². The highest BCUT2D eigenvalue weighted by molar-refractivity contribution is 5.54. The number of nitrogens with zero attached hydrogens (tertiary/aromatic N) is 1. The predicted molar refractivity (Wildman–Crippen MR) is 38.1 cm³/mol. The van der Waals surface area contributed by atoms with Crippen molar-refractivity contribution < 1.29 is 0 Å². The van der Waals surface area contributed by atoms with E-state index >= 15 is 0 Å². The Morgan fingerprint density at radius 3 is 2.38 bits per heavy atom. The molecule has 0 aromatic carbocycles. The molecule has 0 bridgehead atoms. The van der Waals surface area contributed by atoms with Crippen molar-refractivity contribution in [1.82, 2.24) is 0 Å². The van der Waals surface area contributed by atoms with Crippen molar-refractivity contribution in [3.63, 3.8) is 0 Å². The Morgan fingerprint density at radius 1 is 1.12 bits per heavy atom. The van der Waals surface area contributed by atoms with E-state index < -0.39 is 0 Å². The van der Waals surface area contributed by atoms with Gasteiger partial charge < -0.3 is 0 Å². The van der Waals surface area contributed by atoms with Crippen LogP contribution in [0.3, 0.4) is 0 Å². The second kappa shape index (κ2) is 6.15. The second-order valence-electron chi connectivity index (χ2n) is 1.27. The van der Waals surface area contributed by atoms with Crippen LogP contribution in [0.1, 0.15) is 13.8 Å². The van der Waals surface area contributed by atoms with Crippen molar-refractivity contribution in [2.45, 2.75) is 13.8 Å². The maximum Gasteiger partial charge on any atom is 0.0263 e. The van der Waals surface area contributed by atoms with Crippen LogP contribution < -0.4 is 0 Å². The van der Waals surface area contributed by atoms with Crippen molar-refractivity contribution in [3.05, 3.63) is 24.4 Å². The average molecular weight is 109 g/mol. The Balaban J connectivity index is 3.35. The minimum atomic E-state index is 1.75. The van der Waals surface area contributed by atoms with E-state index in [1.807, 2.05) is 32.1 Å². The van der Waals surface area contributed by atoms with Crippen LogP contribution in [-0.2, 0) is 0 Å². The lowest BCUT2D eigenvalue weighted by Crippen LogP contribution is -1.52. The fourth-order valence-corrected chi connectivity index (χ4v) is 0.297. The monoisotopic (exact) mass is 109 g/mol. The molecule has 0 spiro atoms. The van der Waals surface area contributed by atoms with Gasteiger partial charge in [0.05, 0.1) is 0 Å². The van der Waals surface area contributed by atoms with Gasteiger partial charge in [-0.1, -0.05) is 12.2 Å². The molecule has 0 aromatic rings. The molecule has 0 aliphatic heterocycles. The van der Waals surface area contributed by atoms with Gasteiger partial charge in [0.15, 0.2) is 0 Å². The predicted octanol–water partition coefficient (Wildman–Crippen LogP) is 2.17. The van der Waals surface area contributed by atoms with E-state index in [1.165, 1.54) is 0 Å². The maximum absolute atomic E-state index is 3.85. The quantitative estimate of drug-likeness (QED) is 0.380. The summed E-state index contributed by atoms with van der Waals surface area (Å²) in [5.74, 6) is 0. The van der Waals surface area contributed by atoms with Crippen LogP contribution in [-0.4, -0.2) is 6.21 Å². The Labute approximate surface area is 50.4 Å². The molecular weight excluding hydrogens is 98.1 g/mol. The summed E-state index contributed by atoms with van der Waals surface area (Å²) in [6.45, 7) is 3.86. The molecule has 1 nitrogen and oxygen atoms in total. The molecule has 0 amide bonds. The molecule has 0 unspecified atom stereocenters. The largest absolute Gasteiger partial charge is 0.269 e. The van der Waals surface area contributed by atoms with Crippen molar-refractivity contribution in [2.75, 3.05) is 0 Å². The molecule has 0 aliphatic carbocycles. The third-order valence-electron chi connectivity index (χ3n) is 0.625. The fourth-order valence-electron chi connectivity index (χ4n) is 0.297. The molecule has 0 saturated carbocycles. The molecule has 0 saturated heterocycles. The third kappa shape index (κ3) is 5.15. The van der Waals surface area contributed by atoms with Crippen molar-refractivity contribution in [3.8, 4) is 0 Å². The highest BCUT2D eigenvalue weighted by atomic mass is 14.6. The first-order chi connectivity index (χ1) is 3.91. The summed E-state index contributed by atoms with van der Waals surface area (Å²) in [5.41, 5.74) is 0. The van der Waals surface area contributed by atoms with Gasteiger partial charge in [0.1, 0.15) is 0 Å². The minimum absolute atomic E-state index is 1.75. The van der Waals surface area contributed by atoms with Gasteiger partial charge in [-0.05, 0) is 19.9 Å². The lowest BCUT2D eigenvalue weighted by molar-refractivity contribution is 1.57. The normalized spacial score (nSPS) is 12.8. The van der Waals surface area contributed by atoms with Gasteiger partial charge in [0, 0.05) is 12.4 Å². The van der Waals surface area contributed by atoms with Crippen molar-refractivity contribution in [1.29, 1.82) is 0 Å².